The highest BCUT2D eigenvalue weighted by atomic mass is 19.4. The van der Waals surface area contributed by atoms with Crippen molar-refractivity contribution in [1.82, 2.24) is 5.32 Å². The van der Waals surface area contributed by atoms with Crippen LogP contribution in [-0.2, 0) is 0 Å². The van der Waals surface area contributed by atoms with Gasteiger partial charge in [0, 0.05) is 38.3 Å². The van der Waals surface area contributed by atoms with E-state index in [2.05, 4.69) is 5.32 Å². The molecular weight excluding hydrogens is 286 g/mol. The normalized spacial score (nSPS) is 20.9. The number of alkyl halides is 3. The molecule has 1 N–H and O–H groups in total. The second-order valence-electron chi connectivity index (χ2n) is 4.61. The predicted octanol–water partition coefficient (Wildman–Crippen LogP) is 2.69. The molecule has 0 aliphatic carbocycles. The van der Waals surface area contributed by atoms with Gasteiger partial charge in [-0.1, -0.05) is 0 Å². The average molecular weight is 298 g/mol. The van der Waals surface area contributed by atoms with Gasteiger partial charge >= 0.3 is 6.18 Å². The molecule has 0 saturated carbocycles. The van der Waals surface area contributed by atoms with Gasteiger partial charge in [-0.25, -0.2) is 13.2 Å². The highest BCUT2D eigenvalue weighted by molar-refractivity contribution is 5.49. The molecule has 1 aromatic carbocycles. The van der Waals surface area contributed by atoms with E-state index in [1.54, 1.807) is 0 Å². The summed E-state index contributed by atoms with van der Waals surface area (Å²) in [6.07, 6.45) is -4.47. The number of nitrogens with zero attached hydrogens (tertiary/aromatic N) is 1. The third-order valence-corrected chi connectivity index (χ3v) is 3.15. The summed E-state index contributed by atoms with van der Waals surface area (Å²) >= 11 is 0. The fourth-order valence-corrected chi connectivity index (χ4v) is 2.17. The molecule has 1 atom stereocenters. The average Bonchev–Trinajstić information content (AvgIpc) is 2.52. The number of halogens is 6. The van der Waals surface area contributed by atoms with E-state index in [0.717, 1.165) is 4.90 Å². The van der Waals surface area contributed by atoms with Crippen molar-refractivity contribution in [2.45, 2.75) is 6.18 Å². The largest absolute Gasteiger partial charge is 0.394 e. The maximum Gasteiger partial charge on any atom is 0.394 e. The van der Waals surface area contributed by atoms with E-state index in [1.807, 2.05) is 0 Å². The zero-order chi connectivity index (χ0) is 14.9. The van der Waals surface area contributed by atoms with Crippen LogP contribution in [0.4, 0.5) is 32.0 Å². The van der Waals surface area contributed by atoms with Gasteiger partial charge in [-0.05, 0) is 0 Å². The highest BCUT2D eigenvalue weighted by Crippen LogP contribution is 2.31. The van der Waals surface area contributed by atoms with Crippen LogP contribution in [0.25, 0.3) is 0 Å². The topological polar surface area (TPSA) is 15.3 Å². The van der Waals surface area contributed by atoms with E-state index in [-0.39, 0.29) is 19.6 Å². The molecule has 2 nitrogen and oxygen atoms in total. The molecule has 1 heterocycles. The Morgan fingerprint density at radius 1 is 1.10 bits per heavy atom. The summed E-state index contributed by atoms with van der Waals surface area (Å²) in [4.78, 5) is 0.961. The summed E-state index contributed by atoms with van der Waals surface area (Å²) in [5, 5.41) is 2.57. The summed E-state index contributed by atoms with van der Waals surface area (Å²) in [6, 6.07) is 0.915. The van der Waals surface area contributed by atoms with E-state index < -0.39 is 41.8 Å². The lowest BCUT2D eigenvalue weighted by molar-refractivity contribution is -0.169. The van der Waals surface area contributed by atoms with Gasteiger partial charge in [-0.15, -0.1) is 0 Å². The molecule has 0 spiro atoms. The summed E-state index contributed by atoms with van der Waals surface area (Å²) in [7, 11) is 0. The van der Waals surface area contributed by atoms with Crippen molar-refractivity contribution in [3.8, 4) is 0 Å². The fourth-order valence-electron chi connectivity index (χ4n) is 2.17. The Kier molecular flexibility index (Phi) is 4.12. The van der Waals surface area contributed by atoms with Crippen molar-refractivity contribution in [3.63, 3.8) is 0 Å². The van der Waals surface area contributed by atoms with Crippen molar-refractivity contribution in [2.24, 2.45) is 5.92 Å². The zero-order valence-corrected chi connectivity index (χ0v) is 10.3. The third-order valence-electron chi connectivity index (χ3n) is 3.15. The molecule has 112 valence electrons. The van der Waals surface area contributed by atoms with E-state index >= 15 is 0 Å². The van der Waals surface area contributed by atoms with Crippen LogP contribution in [0, 0.1) is 23.4 Å². The minimum absolute atomic E-state index is 0.00600. The Hall–Kier alpha value is -1.44. The van der Waals surface area contributed by atoms with E-state index in [4.69, 9.17) is 0 Å². The molecule has 0 radical (unpaired) electrons. The molecule has 0 aromatic heterocycles. The Labute approximate surface area is 111 Å². The standard InChI is InChI=1S/C12H12F6N2/c13-8-3-9(14)11(10(15)4-8)20-2-1-19-5-7(6-20)12(16,17)18/h3-4,7,19H,1-2,5-6H2. The molecule has 0 amide bonds. The maximum absolute atomic E-state index is 13.6. The van der Waals surface area contributed by atoms with Crippen LogP contribution in [0.5, 0.6) is 0 Å². The number of anilines is 1. The first-order chi connectivity index (χ1) is 9.29. The van der Waals surface area contributed by atoms with Crippen LogP contribution in [-0.4, -0.2) is 32.4 Å². The molecule has 1 fully saturated rings. The van der Waals surface area contributed by atoms with Crippen LogP contribution >= 0.6 is 0 Å². The molecule has 1 aromatic rings. The Morgan fingerprint density at radius 3 is 2.25 bits per heavy atom. The second kappa shape index (κ2) is 5.51. The lowest BCUT2D eigenvalue weighted by atomic mass is 10.1. The van der Waals surface area contributed by atoms with Crippen LogP contribution in [0.3, 0.4) is 0 Å². The van der Waals surface area contributed by atoms with Crippen LogP contribution in [0.15, 0.2) is 12.1 Å². The van der Waals surface area contributed by atoms with E-state index in [1.165, 1.54) is 0 Å². The molecular formula is C12H12F6N2. The van der Waals surface area contributed by atoms with Crippen LogP contribution in [0.1, 0.15) is 0 Å². The Bertz CT molecular complexity index is 464. The molecule has 8 heteroatoms. The summed E-state index contributed by atoms with van der Waals surface area (Å²) in [6.45, 7) is -0.727. The van der Waals surface area contributed by atoms with Crippen molar-refractivity contribution in [1.29, 1.82) is 0 Å². The summed E-state index contributed by atoms with van der Waals surface area (Å²) in [5.41, 5.74) is -0.621. The summed E-state index contributed by atoms with van der Waals surface area (Å²) in [5.74, 6) is -5.26. The minimum Gasteiger partial charge on any atom is -0.365 e. The van der Waals surface area contributed by atoms with Gasteiger partial charge in [-0.2, -0.15) is 13.2 Å². The first-order valence-corrected chi connectivity index (χ1v) is 5.96. The van der Waals surface area contributed by atoms with E-state index in [0.29, 0.717) is 12.1 Å². The number of benzene rings is 1. The van der Waals surface area contributed by atoms with Crippen molar-refractivity contribution >= 4 is 5.69 Å². The molecule has 0 bridgehead atoms. The molecule has 20 heavy (non-hydrogen) atoms. The third kappa shape index (κ3) is 3.17. The molecule has 1 saturated heterocycles. The first-order valence-electron chi connectivity index (χ1n) is 5.96. The SMILES string of the molecule is Fc1cc(F)c(N2CCNCC(C(F)(F)F)C2)c(F)c1. The van der Waals surface area contributed by atoms with Gasteiger partial charge in [0.05, 0.1) is 5.92 Å². The Morgan fingerprint density at radius 2 is 1.70 bits per heavy atom. The lowest BCUT2D eigenvalue weighted by Gasteiger charge is -2.27. The molecule has 1 unspecified atom stereocenters. The van der Waals surface area contributed by atoms with E-state index in [9.17, 15) is 26.3 Å². The maximum atomic E-state index is 13.6. The summed E-state index contributed by atoms with van der Waals surface area (Å²) < 4.78 is 78.4. The monoisotopic (exact) mass is 298 g/mol. The van der Waals surface area contributed by atoms with Gasteiger partial charge in [0.2, 0.25) is 0 Å². The molecule has 1 aliphatic rings. The highest BCUT2D eigenvalue weighted by Gasteiger charge is 2.41. The fraction of sp³-hybridized carbons (Fsp3) is 0.500. The number of hydrogen-bond donors (Lipinski definition) is 1. The smallest absolute Gasteiger partial charge is 0.365 e. The number of nitrogens with one attached hydrogen (secondary N) is 1. The van der Waals surface area contributed by atoms with Crippen molar-refractivity contribution in [3.05, 3.63) is 29.6 Å². The predicted molar refractivity (Wildman–Crippen MR) is 60.9 cm³/mol. The number of rotatable bonds is 1. The zero-order valence-electron chi connectivity index (χ0n) is 10.3. The van der Waals surface area contributed by atoms with Gasteiger partial charge in [-0.3, -0.25) is 0 Å². The molecule has 2 rings (SSSR count). The van der Waals surface area contributed by atoms with Gasteiger partial charge in [0.25, 0.3) is 0 Å². The van der Waals surface area contributed by atoms with Crippen LogP contribution in [0.2, 0.25) is 0 Å². The number of hydrogen-bond acceptors (Lipinski definition) is 2. The lowest BCUT2D eigenvalue weighted by Crippen LogP contribution is -2.38. The van der Waals surface area contributed by atoms with Crippen molar-refractivity contribution in [2.75, 3.05) is 31.1 Å². The van der Waals surface area contributed by atoms with Gasteiger partial charge in [0.15, 0.2) is 11.6 Å². The van der Waals surface area contributed by atoms with Crippen LogP contribution < -0.4 is 10.2 Å². The first kappa shape index (κ1) is 15.0. The molecule has 1 aliphatic heterocycles. The quantitative estimate of drug-likeness (QED) is 0.802. The van der Waals surface area contributed by atoms with Gasteiger partial charge in [0.1, 0.15) is 11.5 Å². The van der Waals surface area contributed by atoms with Gasteiger partial charge < -0.3 is 10.2 Å². The Balaban J connectivity index is 2.31. The second-order valence-corrected chi connectivity index (χ2v) is 4.61. The van der Waals surface area contributed by atoms with Crippen molar-refractivity contribution < 1.29 is 26.3 Å². The minimum atomic E-state index is -4.47.